The lowest BCUT2D eigenvalue weighted by molar-refractivity contribution is -0.137. The van der Waals surface area contributed by atoms with E-state index in [1.54, 1.807) is 36.2 Å². The molecule has 0 radical (unpaired) electrons. The van der Waals surface area contributed by atoms with E-state index in [1.165, 1.54) is 0 Å². The van der Waals surface area contributed by atoms with Gasteiger partial charge in [0.2, 0.25) is 0 Å². The Morgan fingerprint density at radius 3 is 2.52 bits per heavy atom. The maximum atomic E-state index is 13.5. The van der Waals surface area contributed by atoms with E-state index < -0.39 is 11.7 Å². The predicted molar refractivity (Wildman–Crippen MR) is 111 cm³/mol. The molecule has 0 amide bonds. The molecule has 0 unspecified atom stereocenters. The fourth-order valence-electron chi connectivity index (χ4n) is 2.95. The first-order chi connectivity index (χ1) is 13.7. The Kier molecular flexibility index (Phi) is 5.50. The van der Waals surface area contributed by atoms with Gasteiger partial charge in [0.15, 0.2) is 0 Å². The average molecular weight is 398 g/mol. The predicted octanol–water partition coefficient (Wildman–Crippen LogP) is 6.15. The van der Waals surface area contributed by atoms with E-state index >= 15 is 0 Å². The molecule has 0 fully saturated rings. The molecule has 1 heterocycles. The zero-order chi connectivity index (χ0) is 21.2. The standard InChI is InChI=1S/C22H21F3N4/c1-5-26-21-13-19(7-6-14(21)2)28-15(3)17-10-18(22(23,24)25)12-20(11-17)29-9-8-27-16(29)4/h5-13,26,28H,1,3H2,2,4H3. The van der Waals surface area contributed by atoms with Crippen molar-refractivity contribution in [3.05, 3.63) is 90.7 Å². The van der Waals surface area contributed by atoms with E-state index in [0.29, 0.717) is 28.5 Å². The van der Waals surface area contributed by atoms with Crippen LogP contribution < -0.4 is 10.6 Å². The van der Waals surface area contributed by atoms with Crippen LogP contribution in [0.15, 0.2) is 68.1 Å². The number of nitrogens with one attached hydrogen (secondary N) is 2. The van der Waals surface area contributed by atoms with E-state index in [2.05, 4.69) is 28.8 Å². The van der Waals surface area contributed by atoms with E-state index in [9.17, 15) is 13.2 Å². The molecule has 7 heteroatoms. The third-order valence-corrected chi connectivity index (χ3v) is 4.49. The number of alkyl halides is 3. The molecular formula is C22H21F3N4. The number of nitrogens with zero attached hydrogens (tertiary/aromatic N) is 2. The summed E-state index contributed by atoms with van der Waals surface area (Å²) in [6.45, 7) is 11.3. The second-order valence-electron chi connectivity index (χ2n) is 6.59. The number of aryl methyl sites for hydroxylation is 2. The maximum Gasteiger partial charge on any atom is 0.416 e. The van der Waals surface area contributed by atoms with Crippen LogP contribution in [0, 0.1) is 13.8 Å². The minimum Gasteiger partial charge on any atom is -0.362 e. The van der Waals surface area contributed by atoms with E-state index in [-0.39, 0.29) is 0 Å². The van der Waals surface area contributed by atoms with Gasteiger partial charge < -0.3 is 15.2 Å². The maximum absolute atomic E-state index is 13.5. The van der Waals surface area contributed by atoms with E-state index in [4.69, 9.17) is 0 Å². The molecule has 4 nitrogen and oxygen atoms in total. The van der Waals surface area contributed by atoms with E-state index in [0.717, 1.165) is 23.4 Å². The minimum atomic E-state index is -4.48. The number of halogens is 3. The lowest BCUT2D eigenvalue weighted by Gasteiger charge is -2.17. The smallest absolute Gasteiger partial charge is 0.362 e. The van der Waals surface area contributed by atoms with Crippen molar-refractivity contribution in [2.75, 3.05) is 10.6 Å². The molecule has 0 aliphatic rings. The summed E-state index contributed by atoms with van der Waals surface area (Å²) < 4.78 is 42.0. The summed E-state index contributed by atoms with van der Waals surface area (Å²) in [6.07, 6.45) is 0.249. The van der Waals surface area contributed by atoms with Crippen molar-refractivity contribution in [2.24, 2.45) is 0 Å². The Morgan fingerprint density at radius 2 is 1.90 bits per heavy atom. The number of aromatic nitrogens is 2. The fraction of sp³-hybridized carbons (Fsp3) is 0.136. The van der Waals surface area contributed by atoms with Crippen LogP contribution in [0.4, 0.5) is 24.5 Å². The highest BCUT2D eigenvalue weighted by molar-refractivity contribution is 5.78. The summed E-state index contributed by atoms with van der Waals surface area (Å²) >= 11 is 0. The van der Waals surface area contributed by atoms with Crippen molar-refractivity contribution in [2.45, 2.75) is 20.0 Å². The van der Waals surface area contributed by atoms with Crippen molar-refractivity contribution in [3.8, 4) is 5.69 Å². The third-order valence-electron chi connectivity index (χ3n) is 4.49. The summed E-state index contributed by atoms with van der Waals surface area (Å²) in [5, 5.41) is 6.12. The molecule has 0 spiro atoms. The molecule has 0 atom stereocenters. The highest BCUT2D eigenvalue weighted by atomic mass is 19.4. The molecule has 0 aliphatic heterocycles. The number of hydrogen-bond donors (Lipinski definition) is 2. The summed E-state index contributed by atoms with van der Waals surface area (Å²) in [5.74, 6) is 0.590. The largest absolute Gasteiger partial charge is 0.416 e. The molecule has 0 bridgehead atoms. The third kappa shape index (κ3) is 4.51. The van der Waals surface area contributed by atoms with Crippen molar-refractivity contribution < 1.29 is 13.2 Å². The molecular weight excluding hydrogens is 377 g/mol. The topological polar surface area (TPSA) is 41.9 Å². The molecule has 3 rings (SSSR count). The monoisotopic (exact) mass is 398 g/mol. The highest BCUT2D eigenvalue weighted by Gasteiger charge is 2.31. The molecule has 150 valence electrons. The van der Waals surface area contributed by atoms with Crippen molar-refractivity contribution >= 4 is 17.1 Å². The van der Waals surface area contributed by atoms with Gasteiger partial charge in [-0.15, -0.1) is 0 Å². The molecule has 29 heavy (non-hydrogen) atoms. The van der Waals surface area contributed by atoms with Crippen LogP contribution >= 0.6 is 0 Å². The van der Waals surface area contributed by atoms with Crippen molar-refractivity contribution in [1.82, 2.24) is 9.55 Å². The van der Waals surface area contributed by atoms with Gasteiger partial charge in [-0.25, -0.2) is 4.98 Å². The minimum absolute atomic E-state index is 0.335. The van der Waals surface area contributed by atoms with Crippen LogP contribution in [0.25, 0.3) is 11.4 Å². The lowest BCUT2D eigenvalue weighted by atomic mass is 10.1. The van der Waals surface area contributed by atoms with Gasteiger partial charge in [0.05, 0.1) is 5.56 Å². The van der Waals surface area contributed by atoms with Gasteiger partial charge >= 0.3 is 6.18 Å². The Hall–Kier alpha value is -3.48. The summed E-state index contributed by atoms with van der Waals surface area (Å²) in [4.78, 5) is 4.09. The van der Waals surface area contributed by atoms with Gasteiger partial charge in [-0.1, -0.05) is 19.2 Å². The number of anilines is 2. The zero-order valence-electron chi connectivity index (χ0n) is 16.1. The van der Waals surface area contributed by atoms with Crippen LogP contribution in [-0.2, 0) is 6.18 Å². The number of rotatable bonds is 6. The van der Waals surface area contributed by atoms with Crippen LogP contribution in [0.3, 0.4) is 0 Å². The number of benzene rings is 2. The van der Waals surface area contributed by atoms with Crippen molar-refractivity contribution in [1.29, 1.82) is 0 Å². The Labute approximate surface area is 167 Å². The van der Waals surface area contributed by atoms with Gasteiger partial charge in [-0.05, 0) is 61.5 Å². The summed E-state index contributed by atoms with van der Waals surface area (Å²) in [6, 6.07) is 9.41. The van der Waals surface area contributed by atoms with Gasteiger partial charge in [-0.3, -0.25) is 0 Å². The normalized spacial score (nSPS) is 11.2. The molecule has 2 N–H and O–H groups in total. The Bertz CT molecular complexity index is 1060. The average Bonchev–Trinajstić information content (AvgIpc) is 3.09. The molecule has 0 aliphatic carbocycles. The van der Waals surface area contributed by atoms with Crippen LogP contribution in [0.1, 0.15) is 22.5 Å². The second kappa shape index (κ2) is 7.87. The first-order valence-corrected chi connectivity index (χ1v) is 8.86. The quantitative estimate of drug-likeness (QED) is 0.524. The highest BCUT2D eigenvalue weighted by Crippen LogP contribution is 2.33. The summed E-state index contributed by atoms with van der Waals surface area (Å²) in [5.41, 5.74) is 2.85. The summed E-state index contributed by atoms with van der Waals surface area (Å²) in [7, 11) is 0. The first kappa shape index (κ1) is 20.3. The zero-order valence-corrected chi connectivity index (χ0v) is 16.1. The Balaban J connectivity index is 1.99. The number of imidazole rings is 1. The molecule has 3 aromatic rings. The van der Waals surface area contributed by atoms with Crippen LogP contribution in [-0.4, -0.2) is 9.55 Å². The SMILES string of the molecule is C=CNc1cc(NC(=C)c2cc(-n3ccnc3C)cc(C(F)(F)F)c2)ccc1C. The second-order valence-corrected chi connectivity index (χ2v) is 6.59. The molecule has 2 aromatic carbocycles. The van der Waals surface area contributed by atoms with Crippen LogP contribution in [0.2, 0.25) is 0 Å². The van der Waals surface area contributed by atoms with Crippen LogP contribution in [0.5, 0.6) is 0 Å². The first-order valence-electron chi connectivity index (χ1n) is 8.86. The van der Waals surface area contributed by atoms with E-state index in [1.807, 2.05) is 25.1 Å². The van der Waals surface area contributed by atoms with Crippen molar-refractivity contribution in [3.63, 3.8) is 0 Å². The molecule has 0 saturated heterocycles. The fourth-order valence-corrected chi connectivity index (χ4v) is 2.95. The Morgan fingerprint density at radius 1 is 1.14 bits per heavy atom. The van der Waals surface area contributed by atoms with Gasteiger partial charge in [0.25, 0.3) is 0 Å². The number of hydrogen-bond acceptors (Lipinski definition) is 3. The molecule has 1 aromatic heterocycles. The van der Waals surface area contributed by atoms with Gasteiger partial charge in [0, 0.05) is 35.2 Å². The van der Waals surface area contributed by atoms with Gasteiger partial charge in [-0.2, -0.15) is 13.2 Å². The van der Waals surface area contributed by atoms with Gasteiger partial charge in [0.1, 0.15) is 5.82 Å². The lowest BCUT2D eigenvalue weighted by Crippen LogP contribution is -2.09. The molecule has 0 saturated carbocycles.